The van der Waals surface area contributed by atoms with E-state index in [-0.39, 0.29) is 29.7 Å². The Morgan fingerprint density at radius 1 is 1.32 bits per heavy atom. The van der Waals surface area contributed by atoms with Crippen molar-refractivity contribution in [1.82, 2.24) is 4.90 Å². The Morgan fingerprint density at radius 3 is 2.55 bits per heavy atom. The zero-order chi connectivity index (χ0) is 16.4. The summed E-state index contributed by atoms with van der Waals surface area (Å²) in [5.41, 5.74) is 2.10. The van der Waals surface area contributed by atoms with Crippen molar-refractivity contribution in [3.05, 3.63) is 28.8 Å². The van der Waals surface area contributed by atoms with E-state index in [9.17, 15) is 14.4 Å². The van der Waals surface area contributed by atoms with Gasteiger partial charge in [0.25, 0.3) is 0 Å². The lowest BCUT2D eigenvalue weighted by Crippen LogP contribution is -2.28. The summed E-state index contributed by atoms with van der Waals surface area (Å²) in [6, 6.07) is 3.20. The summed E-state index contributed by atoms with van der Waals surface area (Å²) in [4.78, 5) is 36.8. The Hall–Kier alpha value is -2.37. The third kappa shape index (κ3) is 3.10. The number of nitrogens with one attached hydrogen (secondary N) is 1. The number of rotatable bonds is 4. The second kappa shape index (κ2) is 6.17. The molecule has 0 aromatic heterocycles. The maximum atomic E-state index is 12.3. The second-order valence-corrected chi connectivity index (χ2v) is 5.61. The van der Waals surface area contributed by atoms with Crippen molar-refractivity contribution in [1.29, 1.82) is 0 Å². The van der Waals surface area contributed by atoms with Crippen molar-refractivity contribution < 1.29 is 19.5 Å². The van der Waals surface area contributed by atoms with Crippen molar-refractivity contribution in [3.8, 4) is 0 Å². The van der Waals surface area contributed by atoms with Gasteiger partial charge in [-0.05, 0) is 38.0 Å². The molecule has 2 N–H and O–H groups in total. The van der Waals surface area contributed by atoms with Gasteiger partial charge >= 0.3 is 5.97 Å². The van der Waals surface area contributed by atoms with Gasteiger partial charge in [0.05, 0.1) is 11.5 Å². The van der Waals surface area contributed by atoms with Gasteiger partial charge in [0.15, 0.2) is 0 Å². The molecule has 2 rings (SSSR count). The van der Waals surface area contributed by atoms with Crippen LogP contribution < -0.4 is 5.32 Å². The highest BCUT2D eigenvalue weighted by molar-refractivity contribution is 5.99. The van der Waals surface area contributed by atoms with Crippen molar-refractivity contribution in [2.24, 2.45) is 5.92 Å². The van der Waals surface area contributed by atoms with Gasteiger partial charge in [-0.2, -0.15) is 0 Å². The van der Waals surface area contributed by atoms with Crippen LogP contribution >= 0.6 is 0 Å². The Balaban J connectivity index is 2.17. The predicted octanol–water partition coefficient (Wildman–Crippen LogP) is 1.81. The molecule has 6 heteroatoms. The van der Waals surface area contributed by atoms with E-state index in [4.69, 9.17) is 5.11 Å². The van der Waals surface area contributed by atoms with Gasteiger partial charge in [0.2, 0.25) is 11.8 Å². The fourth-order valence-corrected chi connectivity index (χ4v) is 2.71. The summed E-state index contributed by atoms with van der Waals surface area (Å²) < 4.78 is 0. The quantitative estimate of drug-likeness (QED) is 0.888. The molecule has 1 aromatic rings. The first-order chi connectivity index (χ1) is 10.3. The normalized spacial score (nSPS) is 17.7. The smallest absolute Gasteiger partial charge is 0.336 e. The number of hydrogen-bond acceptors (Lipinski definition) is 3. The molecule has 118 valence electrons. The molecule has 1 aliphatic heterocycles. The molecule has 1 fully saturated rings. The van der Waals surface area contributed by atoms with E-state index in [2.05, 4.69) is 5.32 Å². The van der Waals surface area contributed by atoms with E-state index in [0.29, 0.717) is 24.3 Å². The lowest BCUT2D eigenvalue weighted by Gasteiger charge is -2.15. The largest absolute Gasteiger partial charge is 0.478 e. The van der Waals surface area contributed by atoms with Gasteiger partial charge in [-0.15, -0.1) is 0 Å². The SMILES string of the molecule is CCN1CC(C(=O)Nc2cc(C(=O)O)c(C)cc2C)CC1=O. The summed E-state index contributed by atoms with van der Waals surface area (Å²) in [6.07, 6.45) is 0.205. The van der Waals surface area contributed by atoms with E-state index in [1.807, 2.05) is 13.8 Å². The minimum absolute atomic E-state index is 0.0190. The zero-order valence-corrected chi connectivity index (χ0v) is 13.0. The molecular weight excluding hydrogens is 284 g/mol. The van der Waals surface area contributed by atoms with Gasteiger partial charge in [-0.3, -0.25) is 9.59 Å². The number of aryl methyl sites for hydroxylation is 2. The van der Waals surface area contributed by atoms with Crippen LogP contribution in [0.2, 0.25) is 0 Å². The third-order valence-electron chi connectivity index (χ3n) is 4.03. The number of anilines is 1. The molecule has 1 aromatic carbocycles. The molecule has 0 bridgehead atoms. The summed E-state index contributed by atoms with van der Waals surface area (Å²) in [6.45, 7) is 6.41. The van der Waals surface area contributed by atoms with Gasteiger partial charge in [-0.1, -0.05) is 6.07 Å². The lowest BCUT2D eigenvalue weighted by atomic mass is 10.0. The summed E-state index contributed by atoms with van der Waals surface area (Å²) in [5, 5.41) is 11.9. The van der Waals surface area contributed by atoms with Crippen LogP contribution in [0.1, 0.15) is 34.8 Å². The van der Waals surface area contributed by atoms with Gasteiger partial charge in [0.1, 0.15) is 0 Å². The molecule has 22 heavy (non-hydrogen) atoms. The number of amides is 2. The van der Waals surface area contributed by atoms with E-state index >= 15 is 0 Å². The molecule has 1 aliphatic rings. The minimum Gasteiger partial charge on any atom is -0.478 e. The lowest BCUT2D eigenvalue weighted by molar-refractivity contribution is -0.128. The number of carboxylic acids is 1. The first-order valence-electron chi connectivity index (χ1n) is 7.26. The molecule has 1 saturated heterocycles. The molecule has 0 radical (unpaired) electrons. The van der Waals surface area contributed by atoms with Crippen LogP contribution in [-0.2, 0) is 9.59 Å². The molecule has 1 unspecified atom stereocenters. The molecule has 0 saturated carbocycles. The van der Waals surface area contributed by atoms with E-state index < -0.39 is 5.97 Å². The van der Waals surface area contributed by atoms with E-state index in [1.165, 1.54) is 6.07 Å². The third-order valence-corrected chi connectivity index (χ3v) is 4.03. The predicted molar refractivity (Wildman–Crippen MR) is 81.9 cm³/mol. The Bertz CT molecular complexity index is 639. The number of carbonyl (C=O) groups is 3. The maximum absolute atomic E-state index is 12.3. The van der Waals surface area contributed by atoms with Crippen molar-refractivity contribution in [2.75, 3.05) is 18.4 Å². The monoisotopic (exact) mass is 304 g/mol. The van der Waals surface area contributed by atoms with Crippen LogP contribution in [-0.4, -0.2) is 40.9 Å². The van der Waals surface area contributed by atoms with Crippen LogP contribution in [0.3, 0.4) is 0 Å². The Labute approximate surface area is 129 Å². The average molecular weight is 304 g/mol. The highest BCUT2D eigenvalue weighted by atomic mass is 16.4. The summed E-state index contributed by atoms with van der Waals surface area (Å²) in [7, 11) is 0. The number of likely N-dealkylation sites (tertiary alicyclic amines) is 1. The molecular formula is C16H20N2O4. The van der Waals surface area contributed by atoms with E-state index in [0.717, 1.165) is 5.56 Å². The zero-order valence-electron chi connectivity index (χ0n) is 13.0. The topological polar surface area (TPSA) is 86.7 Å². The highest BCUT2D eigenvalue weighted by Gasteiger charge is 2.33. The van der Waals surface area contributed by atoms with E-state index in [1.54, 1.807) is 17.9 Å². The molecule has 0 aliphatic carbocycles. The number of benzene rings is 1. The molecule has 1 atom stereocenters. The fourth-order valence-electron chi connectivity index (χ4n) is 2.71. The summed E-state index contributed by atoms with van der Waals surface area (Å²) in [5.74, 6) is -1.68. The first-order valence-corrected chi connectivity index (χ1v) is 7.26. The molecule has 2 amide bonds. The molecule has 6 nitrogen and oxygen atoms in total. The molecule has 0 spiro atoms. The maximum Gasteiger partial charge on any atom is 0.336 e. The standard InChI is InChI=1S/C16H20N2O4/c1-4-18-8-11(6-14(18)19)15(20)17-13-7-12(16(21)22)9(2)5-10(13)3/h5,7,11H,4,6,8H2,1-3H3,(H,17,20)(H,21,22). The van der Waals surface area contributed by atoms with Crippen LogP contribution in [0.4, 0.5) is 5.69 Å². The first kappa shape index (κ1) is 16.0. The number of hydrogen-bond donors (Lipinski definition) is 2. The minimum atomic E-state index is -1.03. The number of carbonyl (C=O) groups excluding carboxylic acids is 2. The number of nitrogens with zero attached hydrogens (tertiary/aromatic N) is 1. The number of aromatic carboxylic acids is 1. The van der Waals surface area contributed by atoms with Gasteiger partial charge in [-0.25, -0.2) is 4.79 Å². The van der Waals surface area contributed by atoms with Crippen LogP contribution in [0.5, 0.6) is 0 Å². The fraction of sp³-hybridized carbons (Fsp3) is 0.438. The van der Waals surface area contributed by atoms with Crippen molar-refractivity contribution >= 4 is 23.5 Å². The average Bonchev–Trinajstić information content (AvgIpc) is 2.82. The van der Waals surface area contributed by atoms with Crippen LogP contribution in [0.15, 0.2) is 12.1 Å². The molecule has 1 heterocycles. The second-order valence-electron chi connectivity index (χ2n) is 5.61. The highest BCUT2D eigenvalue weighted by Crippen LogP contribution is 2.24. The van der Waals surface area contributed by atoms with Crippen molar-refractivity contribution in [3.63, 3.8) is 0 Å². The van der Waals surface area contributed by atoms with Crippen LogP contribution in [0, 0.1) is 19.8 Å². The Kier molecular flexibility index (Phi) is 4.49. The number of carboxylic acid groups (broad SMARTS) is 1. The Morgan fingerprint density at radius 2 is 2.00 bits per heavy atom. The van der Waals surface area contributed by atoms with Crippen molar-refractivity contribution in [2.45, 2.75) is 27.2 Å². The van der Waals surface area contributed by atoms with Gasteiger partial charge in [0, 0.05) is 25.2 Å². The van der Waals surface area contributed by atoms with Gasteiger partial charge < -0.3 is 15.3 Å². The van der Waals surface area contributed by atoms with Crippen LogP contribution in [0.25, 0.3) is 0 Å². The summed E-state index contributed by atoms with van der Waals surface area (Å²) >= 11 is 0.